The van der Waals surface area contributed by atoms with Crippen LogP contribution in [0, 0.1) is 13.8 Å². The highest BCUT2D eigenvalue weighted by atomic mass is 32.2. The van der Waals surface area contributed by atoms with Crippen LogP contribution in [0.4, 0.5) is 0 Å². The molecule has 0 amide bonds. The molecule has 1 heterocycles. The molecule has 0 aliphatic rings. The summed E-state index contributed by atoms with van der Waals surface area (Å²) in [5.74, 6) is 0. The molecule has 9 heteroatoms. The predicted octanol–water partition coefficient (Wildman–Crippen LogP) is 2.43. The zero-order chi connectivity index (χ0) is 17.2. The highest BCUT2D eigenvalue weighted by Gasteiger charge is 2.22. The van der Waals surface area contributed by atoms with Gasteiger partial charge in [-0.25, -0.2) is 0 Å². The smallest absolute Gasteiger partial charge is 0.295 e. The standard InChI is InChI=1S/C14H13NO6S2/c1-7-8(2)15-12-4-3-10-11(14(7)12)5-9(22(16,17)18)6-13(10)23(19,20)21/h3-6,15H,1-2H3,(H,16,17,18)(H,19,20,21). The maximum atomic E-state index is 11.6. The summed E-state index contributed by atoms with van der Waals surface area (Å²) in [5.41, 5.74) is 2.36. The van der Waals surface area contributed by atoms with Gasteiger partial charge in [0.15, 0.2) is 0 Å². The van der Waals surface area contributed by atoms with Crippen molar-refractivity contribution in [2.75, 3.05) is 0 Å². The third-order valence-electron chi connectivity index (χ3n) is 3.91. The number of nitrogens with one attached hydrogen (secondary N) is 1. The molecule has 0 unspecified atom stereocenters. The lowest BCUT2D eigenvalue weighted by Gasteiger charge is -2.08. The fourth-order valence-corrected chi connectivity index (χ4v) is 4.07. The fraction of sp³-hybridized carbons (Fsp3) is 0.143. The zero-order valence-corrected chi connectivity index (χ0v) is 13.8. The number of hydrogen-bond acceptors (Lipinski definition) is 4. The largest absolute Gasteiger partial charge is 0.358 e. The van der Waals surface area contributed by atoms with Crippen LogP contribution >= 0.6 is 0 Å². The molecule has 0 atom stereocenters. The number of H-pyrrole nitrogens is 1. The topological polar surface area (TPSA) is 125 Å². The Labute approximate surface area is 132 Å². The van der Waals surface area contributed by atoms with E-state index >= 15 is 0 Å². The summed E-state index contributed by atoms with van der Waals surface area (Å²) in [6, 6.07) is 5.07. The molecule has 2 aromatic carbocycles. The number of rotatable bonds is 2. The minimum Gasteiger partial charge on any atom is -0.358 e. The van der Waals surface area contributed by atoms with Crippen molar-refractivity contribution in [2.45, 2.75) is 23.6 Å². The average Bonchev–Trinajstić information content (AvgIpc) is 2.71. The third kappa shape index (κ3) is 2.51. The minimum absolute atomic E-state index is 0.175. The molecular weight excluding hydrogens is 342 g/mol. The summed E-state index contributed by atoms with van der Waals surface area (Å²) in [5, 5.41) is 1.12. The van der Waals surface area contributed by atoms with Crippen molar-refractivity contribution in [3.8, 4) is 0 Å². The quantitative estimate of drug-likeness (QED) is 0.606. The lowest BCUT2D eigenvalue weighted by molar-refractivity contribution is 0.482. The molecule has 0 radical (unpaired) electrons. The summed E-state index contributed by atoms with van der Waals surface area (Å²) in [6.07, 6.45) is 0. The summed E-state index contributed by atoms with van der Waals surface area (Å²) >= 11 is 0. The SMILES string of the molecule is Cc1[nH]c2ccc3c(S(=O)(=O)O)cc(S(=O)(=O)O)cc3c2c1C. The lowest BCUT2D eigenvalue weighted by atomic mass is 10.0. The van der Waals surface area contributed by atoms with Gasteiger partial charge in [0.1, 0.15) is 4.90 Å². The molecule has 3 N–H and O–H groups in total. The first-order chi connectivity index (χ1) is 10.5. The summed E-state index contributed by atoms with van der Waals surface area (Å²) in [7, 11) is -9.31. The van der Waals surface area contributed by atoms with E-state index in [-0.39, 0.29) is 5.39 Å². The molecule has 23 heavy (non-hydrogen) atoms. The van der Waals surface area contributed by atoms with Crippen LogP contribution in [-0.2, 0) is 20.2 Å². The van der Waals surface area contributed by atoms with Gasteiger partial charge in [-0.05, 0) is 43.0 Å². The van der Waals surface area contributed by atoms with E-state index < -0.39 is 30.0 Å². The van der Waals surface area contributed by atoms with E-state index in [4.69, 9.17) is 0 Å². The second-order valence-electron chi connectivity index (χ2n) is 5.33. The number of aromatic amines is 1. The van der Waals surface area contributed by atoms with Gasteiger partial charge < -0.3 is 4.98 Å². The first-order valence-electron chi connectivity index (χ1n) is 6.51. The molecule has 0 spiro atoms. The Morgan fingerprint density at radius 2 is 1.57 bits per heavy atom. The minimum atomic E-state index is -4.67. The lowest BCUT2D eigenvalue weighted by Crippen LogP contribution is -2.04. The number of benzene rings is 2. The number of hydrogen-bond donors (Lipinski definition) is 3. The maximum Gasteiger partial charge on any atom is 0.295 e. The monoisotopic (exact) mass is 355 g/mol. The van der Waals surface area contributed by atoms with Crippen LogP contribution in [-0.4, -0.2) is 30.9 Å². The third-order valence-corrected chi connectivity index (χ3v) is 5.63. The Morgan fingerprint density at radius 3 is 2.13 bits per heavy atom. The van der Waals surface area contributed by atoms with E-state index in [1.165, 1.54) is 12.1 Å². The van der Waals surface area contributed by atoms with Crippen LogP contribution in [0.5, 0.6) is 0 Å². The van der Waals surface area contributed by atoms with E-state index in [9.17, 15) is 25.9 Å². The Morgan fingerprint density at radius 1 is 0.913 bits per heavy atom. The Bertz CT molecular complexity index is 1170. The first-order valence-corrected chi connectivity index (χ1v) is 9.39. The molecule has 3 rings (SSSR count). The molecule has 0 saturated carbocycles. The van der Waals surface area contributed by atoms with Crippen molar-refractivity contribution in [2.24, 2.45) is 0 Å². The van der Waals surface area contributed by atoms with Gasteiger partial charge in [-0.3, -0.25) is 9.11 Å². The molecule has 0 fully saturated rings. The van der Waals surface area contributed by atoms with Gasteiger partial charge in [-0.15, -0.1) is 0 Å². The molecule has 1 aromatic heterocycles. The van der Waals surface area contributed by atoms with Crippen molar-refractivity contribution >= 4 is 41.9 Å². The van der Waals surface area contributed by atoms with Crippen LogP contribution in [0.1, 0.15) is 11.3 Å². The number of fused-ring (bicyclic) bond motifs is 3. The van der Waals surface area contributed by atoms with Crippen molar-refractivity contribution in [1.29, 1.82) is 0 Å². The summed E-state index contributed by atoms with van der Waals surface area (Å²) in [4.78, 5) is 1.95. The van der Waals surface area contributed by atoms with E-state index in [1.807, 2.05) is 6.92 Å². The molecule has 0 saturated heterocycles. The van der Waals surface area contributed by atoms with Crippen molar-refractivity contribution < 1.29 is 25.9 Å². The van der Waals surface area contributed by atoms with Crippen LogP contribution in [0.25, 0.3) is 21.7 Å². The molecule has 0 bridgehead atoms. The van der Waals surface area contributed by atoms with Gasteiger partial charge >= 0.3 is 0 Å². The van der Waals surface area contributed by atoms with Gasteiger partial charge in [0, 0.05) is 22.0 Å². The summed E-state index contributed by atoms with van der Waals surface area (Å²) < 4.78 is 64.8. The highest BCUT2D eigenvalue weighted by Crippen LogP contribution is 2.35. The van der Waals surface area contributed by atoms with E-state index in [0.717, 1.165) is 17.3 Å². The van der Waals surface area contributed by atoms with Crippen LogP contribution < -0.4 is 0 Å². The van der Waals surface area contributed by atoms with Gasteiger partial charge in [0.2, 0.25) is 0 Å². The van der Waals surface area contributed by atoms with Gasteiger partial charge in [0.25, 0.3) is 20.2 Å². The van der Waals surface area contributed by atoms with Crippen LogP contribution in [0.3, 0.4) is 0 Å². The second-order valence-corrected chi connectivity index (χ2v) is 8.14. The summed E-state index contributed by atoms with van der Waals surface area (Å²) in [6.45, 7) is 3.64. The van der Waals surface area contributed by atoms with Crippen molar-refractivity contribution in [3.05, 3.63) is 35.5 Å². The maximum absolute atomic E-state index is 11.6. The van der Waals surface area contributed by atoms with Crippen LogP contribution in [0.15, 0.2) is 34.1 Å². The van der Waals surface area contributed by atoms with Crippen LogP contribution in [0.2, 0.25) is 0 Å². The van der Waals surface area contributed by atoms with E-state index in [2.05, 4.69) is 4.98 Å². The van der Waals surface area contributed by atoms with Gasteiger partial charge in [-0.2, -0.15) is 16.8 Å². The molecule has 0 aliphatic heterocycles. The Balaban J connectivity index is 2.66. The zero-order valence-electron chi connectivity index (χ0n) is 12.2. The molecule has 122 valence electrons. The molecular formula is C14H13NO6S2. The normalized spacial score (nSPS) is 13.0. The Hall–Kier alpha value is -1.94. The van der Waals surface area contributed by atoms with Crippen molar-refractivity contribution in [1.82, 2.24) is 4.98 Å². The first kappa shape index (κ1) is 15.9. The molecule has 3 aromatic rings. The highest BCUT2D eigenvalue weighted by molar-refractivity contribution is 7.86. The fourth-order valence-electron chi connectivity index (χ4n) is 2.73. The van der Waals surface area contributed by atoms with Gasteiger partial charge in [0.05, 0.1) is 4.90 Å². The predicted molar refractivity (Wildman–Crippen MR) is 84.9 cm³/mol. The van der Waals surface area contributed by atoms with E-state index in [0.29, 0.717) is 16.3 Å². The van der Waals surface area contributed by atoms with Gasteiger partial charge in [-0.1, -0.05) is 6.07 Å². The van der Waals surface area contributed by atoms with E-state index in [1.54, 1.807) is 13.0 Å². The number of aryl methyl sites for hydroxylation is 2. The molecule has 0 aliphatic carbocycles. The van der Waals surface area contributed by atoms with Crippen molar-refractivity contribution in [3.63, 3.8) is 0 Å². The average molecular weight is 355 g/mol. The number of aromatic nitrogens is 1. The Kier molecular flexibility index (Phi) is 3.31. The second kappa shape index (κ2) is 4.78. The molecule has 7 nitrogen and oxygen atoms in total.